The molecule has 0 aliphatic heterocycles. The summed E-state index contributed by atoms with van der Waals surface area (Å²) in [5.74, 6) is -0.499. The number of nitrogens with two attached hydrogens (primary N) is 1. The highest BCUT2D eigenvalue weighted by Crippen LogP contribution is 2.49. The van der Waals surface area contributed by atoms with Gasteiger partial charge in [0.25, 0.3) is 0 Å². The molecule has 0 spiro atoms. The normalized spacial score (nSPS) is 18.7. The van der Waals surface area contributed by atoms with Crippen LogP contribution in [0.5, 0.6) is 5.75 Å². The zero-order valence-corrected chi connectivity index (χ0v) is 8.44. The van der Waals surface area contributed by atoms with Gasteiger partial charge in [-0.25, -0.2) is 4.39 Å². The van der Waals surface area contributed by atoms with Crippen molar-refractivity contribution in [2.75, 3.05) is 0 Å². The van der Waals surface area contributed by atoms with Gasteiger partial charge in [-0.1, -0.05) is 0 Å². The van der Waals surface area contributed by atoms with Gasteiger partial charge < -0.3 is 10.8 Å². The molecule has 0 atom stereocenters. The van der Waals surface area contributed by atoms with Crippen LogP contribution < -0.4 is 5.73 Å². The molecule has 0 unspecified atom stereocenters. The van der Waals surface area contributed by atoms with Crippen molar-refractivity contribution in [3.63, 3.8) is 0 Å². The molecule has 2 nitrogen and oxygen atoms in total. The van der Waals surface area contributed by atoms with Gasteiger partial charge in [0, 0.05) is 5.54 Å². The van der Waals surface area contributed by atoms with Crippen molar-refractivity contribution < 1.29 is 9.50 Å². The Morgan fingerprint density at radius 2 is 2.08 bits per heavy atom. The molecule has 0 amide bonds. The van der Waals surface area contributed by atoms with Gasteiger partial charge in [-0.05, 0) is 40.9 Å². The summed E-state index contributed by atoms with van der Waals surface area (Å²) in [6.45, 7) is 0. The number of phenolic OH excluding ortho intramolecular Hbond substituents is 1. The fourth-order valence-electron chi connectivity index (χ4n) is 1.40. The Bertz CT molecular complexity index is 363. The van der Waals surface area contributed by atoms with Gasteiger partial charge in [0.1, 0.15) is 11.6 Å². The van der Waals surface area contributed by atoms with Crippen LogP contribution in [0.2, 0.25) is 0 Å². The van der Waals surface area contributed by atoms with E-state index in [0.717, 1.165) is 12.8 Å². The van der Waals surface area contributed by atoms with Gasteiger partial charge in [0.05, 0.1) is 10.0 Å². The maximum Gasteiger partial charge on any atom is 0.137 e. The van der Waals surface area contributed by atoms with Crippen molar-refractivity contribution >= 4 is 15.9 Å². The first-order valence-corrected chi connectivity index (χ1v) is 4.80. The van der Waals surface area contributed by atoms with E-state index in [1.807, 2.05) is 0 Å². The maximum absolute atomic E-state index is 13.3. The number of aromatic hydroxyl groups is 1. The van der Waals surface area contributed by atoms with E-state index >= 15 is 0 Å². The highest BCUT2D eigenvalue weighted by atomic mass is 79.9. The number of halogens is 2. The minimum Gasteiger partial charge on any atom is -0.506 e. The van der Waals surface area contributed by atoms with E-state index in [2.05, 4.69) is 15.9 Å². The molecule has 1 aliphatic rings. The molecule has 0 aromatic heterocycles. The third-order valence-electron chi connectivity index (χ3n) is 2.36. The molecular formula is C9H9BrFNO. The van der Waals surface area contributed by atoms with Crippen molar-refractivity contribution in [1.29, 1.82) is 0 Å². The lowest BCUT2D eigenvalue weighted by atomic mass is 10.0. The lowest BCUT2D eigenvalue weighted by Crippen LogP contribution is -2.20. The Morgan fingerprint density at radius 3 is 2.62 bits per heavy atom. The largest absolute Gasteiger partial charge is 0.506 e. The van der Waals surface area contributed by atoms with E-state index in [-0.39, 0.29) is 11.3 Å². The molecule has 0 bridgehead atoms. The first-order valence-electron chi connectivity index (χ1n) is 4.01. The molecular weight excluding hydrogens is 237 g/mol. The highest BCUT2D eigenvalue weighted by Gasteiger charge is 2.44. The zero-order chi connectivity index (χ0) is 9.64. The number of rotatable bonds is 1. The van der Waals surface area contributed by atoms with Gasteiger partial charge >= 0.3 is 0 Å². The van der Waals surface area contributed by atoms with Gasteiger partial charge in [-0.2, -0.15) is 0 Å². The van der Waals surface area contributed by atoms with E-state index < -0.39 is 11.4 Å². The van der Waals surface area contributed by atoms with Crippen LogP contribution in [-0.4, -0.2) is 5.11 Å². The number of hydrogen-bond acceptors (Lipinski definition) is 2. The van der Waals surface area contributed by atoms with E-state index in [4.69, 9.17) is 5.73 Å². The van der Waals surface area contributed by atoms with Gasteiger partial charge in [-0.3, -0.25) is 0 Å². The Balaban J connectivity index is 2.61. The second-order valence-corrected chi connectivity index (χ2v) is 4.26. The van der Waals surface area contributed by atoms with Crippen molar-refractivity contribution in [2.45, 2.75) is 18.4 Å². The van der Waals surface area contributed by atoms with Crippen LogP contribution in [0.3, 0.4) is 0 Å². The fourth-order valence-corrected chi connectivity index (χ4v) is 1.73. The molecule has 1 aromatic rings. The standard InChI is InChI=1S/C9H9BrFNO/c10-5-1-2-6(11)7(8(5)13)9(12)3-4-9/h1-2,13H,3-4,12H2. The van der Waals surface area contributed by atoms with Crippen LogP contribution in [0, 0.1) is 5.82 Å². The molecule has 2 rings (SSSR count). The van der Waals surface area contributed by atoms with Crippen LogP contribution in [0.25, 0.3) is 0 Å². The molecule has 3 N–H and O–H groups in total. The summed E-state index contributed by atoms with van der Waals surface area (Å²) in [6.07, 6.45) is 1.46. The third kappa shape index (κ3) is 1.34. The zero-order valence-electron chi connectivity index (χ0n) is 6.85. The summed E-state index contributed by atoms with van der Waals surface area (Å²) in [5, 5.41) is 9.59. The Morgan fingerprint density at radius 1 is 1.46 bits per heavy atom. The predicted octanol–water partition coefficient (Wildman–Crippen LogP) is 2.24. The summed E-state index contributed by atoms with van der Waals surface area (Å²) >= 11 is 3.13. The van der Waals surface area contributed by atoms with E-state index in [1.165, 1.54) is 12.1 Å². The fraction of sp³-hybridized carbons (Fsp3) is 0.333. The van der Waals surface area contributed by atoms with E-state index in [0.29, 0.717) is 4.47 Å². The van der Waals surface area contributed by atoms with E-state index in [9.17, 15) is 9.50 Å². The first-order chi connectivity index (χ1) is 6.04. The molecule has 0 radical (unpaired) electrons. The number of hydrogen-bond donors (Lipinski definition) is 2. The molecule has 1 aliphatic carbocycles. The van der Waals surface area contributed by atoms with E-state index in [1.54, 1.807) is 0 Å². The third-order valence-corrected chi connectivity index (χ3v) is 3.00. The number of benzene rings is 1. The molecule has 0 heterocycles. The summed E-state index contributed by atoms with van der Waals surface area (Å²) in [6, 6.07) is 2.78. The molecule has 1 saturated carbocycles. The highest BCUT2D eigenvalue weighted by molar-refractivity contribution is 9.10. The number of phenols is 1. The summed E-state index contributed by atoms with van der Waals surface area (Å²) in [5.41, 5.74) is 5.41. The second-order valence-electron chi connectivity index (χ2n) is 3.41. The quantitative estimate of drug-likeness (QED) is 0.798. The van der Waals surface area contributed by atoms with Gasteiger partial charge in [0.2, 0.25) is 0 Å². The molecule has 70 valence electrons. The van der Waals surface area contributed by atoms with Crippen LogP contribution in [0.4, 0.5) is 4.39 Å². The van der Waals surface area contributed by atoms with Crippen molar-refractivity contribution in [1.82, 2.24) is 0 Å². The van der Waals surface area contributed by atoms with Crippen molar-refractivity contribution in [3.05, 3.63) is 28.0 Å². The molecule has 1 aromatic carbocycles. The summed E-state index contributed by atoms with van der Waals surface area (Å²) < 4.78 is 13.8. The van der Waals surface area contributed by atoms with Crippen LogP contribution in [0.1, 0.15) is 18.4 Å². The topological polar surface area (TPSA) is 46.2 Å². The molecule has 13 heavy (non-hydrogen) atoms. The SMILES string of the molecule is NC1(c2c(F)ccc(Br)c2O)CC1. The smallest absolute Gasteiger partial charge is 0.137 e. The van der Waals surface area contributed by atoms with Crippen molar-refractivity contribution in [3.8, 4) is 5.75 Å². The molecule has 0 saturated heterocycles. The van der Waals surface area contributed by atoms with Crippen LogP contribution in [0.15, 0.2) is 16.6 Å². The van der Waals surface area contributed by atoms with Crippen molar-refractivity contribution in [2.24, 2.45) is 5.73 Å². The monoisotopic (exact) mass is 245 g/mol. The van der Waals surface area contributed by atoms with Gasteiger partial charge in [-0.15, -0.1) is 0 Å². The second kappa shape index (κ2) is 2.69. The minimum absolute atomic E-state index is 0.0694. The Hall–Kier alpha value is -0.610. The lowest BCUT2D eigenvalue weighted by Gasteiger charge is -2.13. The van der Waals surface area contributed by atoms with Gasteiger partial charge in [0.15, 0.2) is 0 Å². The minimum atomic E-state index is -0.641. The summed E-state index contributed by atoms with van der Waals surface area (Å²) in [7, 11) is 0. The van der Waals surface area contributed by atoms with Crippen LogP contribution >= 0.6 is 15.9 Å². The predicted molar refractivity (Wildman–Crippen MR) is 50.9 cm³/mol. The Kier molecular flexibility index (Phi) is 1.85. The van der Waals surface area contributed by atoms with Crippen LogP contribution in [-0.2, 0) is 5.54 Å². The summed E-state index contributed by atoms with van der Waals surface area (Å²) in [4.78, 5) is 0. The maximum atomic E-state index is 13.3. The molecule has 1 fully saturated rings. The molecule has 4 heteroatoms. The average Bonchev–Trinajstić information content (AvgIpc) is 2.78. The Labute approximate surface area is 83.7 Å². The average molecular weight is 246 g/mol. The first kappa shape index (κ1) is 8.97. The lowest BCUT2D eigenvalue weighted by molar-refractivity contribution is 0.443.